The van der Waals surface area contributed by atoms with Gasteiger partial charge in [-0.05, 0) is 71.2 Å². The van der Waals surface area contributed by atoms with Crippen molar-refractivity contribution in [3.05, 3.63) is 65.9 Å². The van der Waals surface area contributed by atoms with Crippen LogP contribution in [0.2, 0.25) is 0 Å². The van der Waals surface area contributed by atoms with Crippen molar-refractivity contribution >= 4 is 10.8 Å². The van der Waals surface area contributed by atoms with Crippen molar-refractivity contribution in [1.82, 2.24) is 4.98 Å². The molecule has 23 heavy (non-hydrogen) atoms. The minimum Gasteiger partial charge on any atom is -0.304 e. The zero-order chi connectivity index (χ0) is 14.5. The summed E-state index contributed by atoms with van der Waals surface area (Å²) in [5.74, 6) is 1.59. The minimum atomic E-state index is 0. The Balaban J connectivity index is 0.00000135. The van der Waals surface area contributed by atoms with Crippen LogP contribution in [-0.4, -0.2) is 4.98 Å². The van der Waals surface area contributed by atoms with Crippen LogP contribution in [0.3, 0.4) is 0 Å². The van der Waals surface area contributed by atoms with Crippen LogP contribution in [0.1, 0.15) is 48.6 Å². The third kappa shape index (κ3) is 2.45. The number of rotatable bonds is 1. The second-order valence-electron chi connectivity index (χ2n) is 6.72. The Morgan fingerprint density at radius 3 is 2.22 bits per heavy atom. The maximum Gasteiger partial charge on any atom is 0.0239 e. The van der Waals surface area contributed by atoms with Crippen LogP contribution in [0.4, 0.5) is 0 Å². The number of benzene rings is 2. The smallest absolute Gasteiger partial charge is 0.0239 e. The van der Waals surface area contributed by atoms with Crippen molar-refractivity contribution in [1.29, 1.82) is 0 Å². The van der Waals surface area contributed by atoms with Gasteiger partial charge in [0, 0.05) is 26.3 Å². The standard InChI is InChI=1S/C21H18N.Ir/c1-2-4-16(5-3-1)21-12-17-10-19-14-6-8-15(9-7-14)20(19)11-18(17)13-22-21;/h1-4,10-15H,6-9H2;/q-1;. The molecule has 2 bridgehead atoms. The molecule has 0 spiro atoms. The van der Waals surface area contributed by atoms with E-state index in [2.05, 4.69) is 35.3 Å². The predicted molar refractivity (Wildman–Crippen MR) is 90.0 cm³/mol. The van der Waals surface area contributed by atoms with Crippen molar-refractivity contribution in [2.24, 2.45) is 0 Å². The van der Waals surface area contributed by atoms with Gasteiger partial charge in [-0.2, -0.15) is 0 Å². The Morgan fingerprint density at radius 1 is 0.870 bits per heavy atom. The molecule has 2 aromatic carbocycles. The topological polar surface area (TPSA) is 12.9 Å². The summed E-state index contributed by atoms with van der Waals surface area (Å²) in [4.78, 5) is 4.66. The van der Waals surface area contributed by atoms with Crippen LogP contribution in [0, 0.1) is 6.07 Å². The quantitative estimate of drug-likeness (QED) is 0.426. The fourth-order valence-electron chi connectivity index (χ4n) is 4.35. The summed E-state index contributed by atoms with van der Waals surface area (Å²) in [6, 6.07) is 18.4. The van der Waals surface area contributed by atoms with Gasteiger partial charge in [-0.25, -0.2) is 0 Å². The Labute approximate surface area is 150 Å². The normalized spacial score (nSPS) is 21.7. The molecule has 1 fully saturated rings. The zero-order valence-electron chi connectivity index (χ0n) is 12.9. The third-order valence-electron chi connectivity index (χ3n) is 5.52. The van der Waals surface area contributed by atoms with Gasteiger partial charge in [-0.1, -0.05) is 12.1 Å². The Hall–Kier alpha value is -1.50. The van der Waals surface area contributed by atoms with Gasteiger partial charge >= 0.3 is 0 Å². The summed E-state index contributed by atoms with van der Waals surface area (Å²) >= 11 is 0. The molecule has 1 radical (unpaired) electrons. The van der Waals surface area contributed by atoms with E-state index in [9.17, 15) is 0 Å². The SMILES string of the molecule is [Ir].[c-]1ccccc1-c1cc2cc3c(cc2cn1)C1CCC3CC1. The van der Waals surface area contributed by atoms with Crippen molar-refractivity contribution in [2.75, 3.05) is 0 Å². The molecule has 1 heterocycles. The van der Waals surface area contributed by atoms with Gasteiger partial charge in [0.1, 0.15) is 0 Å². The summed E-state index contributed by atoms with van der Waals surface area (Å²) in [5.41, 5.74) is 5.32. The van der Waals surface area contributed by atoms with E-state index in [0.717, 1.165) is 23.1 Å². The van der Waals surface area contributed by atoms with Crippen molar-refractivity contribution < 1.29 is 20.1 Å². The summed E-state index contributed by atoms with van der Waals surface area (Å²) < 4.78 is 0. The summed E-state index contributed by atoms with van der Waals surface area (Å²) in [7, 11) is 0. The molecule has 3 aromatic rings. The molecular weight excluding hydrogens is 458 g/mol. The number of pyridine rings is 1. The van der Waals surface area contributed by atoms with Gasteiger partial charge in [0.25, 0.3) is 0 Å². The first-order chi connectivity index (χ1) is 10.9. The van der Waals surface area contributed by atoms with Gasteiger partial charge in [0.2, 0.25) is 0 Å². The van der Waals surface area contributed by atoms with Gasteiger partial charge in [-0.15, -0.1) is 35.9 Å². The molecule has 3 aliphatic rings. The fourth-order valence-corrected chi connectivity index (χ4v) is 4.35. The molecule has 1 saturated carbocycles. The third-order valence-corrected chi connectivity index (χ3v) is 5.52. The first kappa shape index (κ1) is 15.1. The number of hydrogen-bond donors (Lipinski definition) is 0. The van der Waals surface area contributed by atoms with Gasteiger partial charge in [0.15, 0.2) is 0 Å². The first-order valence-electron chi connectivity index (χ1n) is 8.29. The van der Waals surface area contributed by atoms with E-state index in [4.69, 9.17) is 0 Å². The molecule has 6 rings (SSSR count). The average molecular weight is 477 g/mol. The minimum absolute atomic E-state index is 0. The molecule has 0 atom stereocenters. The molecule has 0 saturated heterocycles. The molecule has 3 aliphatic carbocycles. The number of nitrogens with zero attached hydrogens (tertiary/aromatic N) is 1. The Bertz CT molecular complexity index is 848. The predicted octanol–water partition coefficient (Wildman–Crippen LogP) is 5.45. The number of aromatic nitrogens is 1. The van der Waals surface area contributed by atoms with Gasteiger partial charge in [-0.3, -0.25) is 0 Å². The Morgan fingerprint density at radius 2 is 1.57 bits per heavy atom. The van der Waals surface area contributed by atoms with E-state index in [1.54, 1.807) is 11.1 Å². The molecule has 117 valence electrons. The van der Waals surface area contributed by atoms with Crippen LogP contribution in [0.15, 0.2) is 48.7 Å². The van der Waals surface area contributed by atoms with Crippen LogP contribution in [0.25, 0.3) is 22.0 Å². The Kier molecular flexibility index (Phi) is 3.83. The number of fused-ring (bicyclic) bond motifs is 3. The summed E-state index contributed by atoms with van der Waals surface area (Å²) in [6.45, 7) is 0. The molecule has 0 N–H and O–H groups in total. The molecular formula is C21H18IrN-. The molecule has 1 nitrogen and oxygen atoms in total. The molecule has 2 heteroatoms. The van der Waals surface area contributed by atoms with E-state index >= 15 is 0 Å². The maximum atomic E-state index is 4.66. The largest absolute Gasteiger partial charge is 0.304 e. The van der Waals surface area contributed by atoms with Crippen LogP contribution in [0.5, 0.6) is 0 Å². The van der Waals surface area contributed by atoms with Gasteiger partial charge < -0.3 is 4.98 Å². The fraction of sp³-hybridized carbons (Fsp3) is 0.286. The molecule has 0 aliphatic heterocycles. The van der Waals surface area contributed by atoms with Crippen LogP contribution in [-0.2, 0) is 20.1 Å². The zero-order valence-corrected chi connectivity index (χ0v) is 15.3. The second kappa shape index (κ2) is 5.85. The summed E-state index contributed by atoms with van der Waals surface area (Å²) in [5, 5.41) is 2.61. The van der Waals surface area contributed by atoms with E-state index in [1.807, 2.05) is 24.4 Å². The van der Waals surface area contributed by atoms with Crippen LogP contribution < -0.4 is 0 Å². The van der Waals surface area contributed by atoms with Gasteiger partial charge in [0.05, 0.1) is 0 Å². The van der Waals surface area contributed by atoms with Crippen molar-refractivity contribution in [3.63, 3.8) is 0 Å². The van der Waals surface area contributed by atoms with Crippen LogP contribution >= 0.6 is 0 Å². The maximum absolute atomic E-state index is 4.66. The first-order valence-corrected chi connectivity index (χ1v) is 8.29. The summed E-state index contributed by atoms with van der Waals surface area (Å²) in [6.07, 6.45) is 7.57. The second-order valence-corrected chi connectivity index (χ2v) is 6.72. The molecule has 0 unspecified atom stereocenters. The van der Waals surface area contributed by atoms with E-state index in [0.29, 0.717) is 0 Å². The van der Waals surface area contributed by atoms with Crippen molar-refractivity contribution in [2.45, 2.75) is 37.5 Å². The van der Waals surface area contributed by atoms with E-state index < -0.39 is 0 Å². The number of hydrogen-bond acceptors (Lipinski definition) is 1. The average Bonchev–Trinajstić information content (AvgIpc) is 2.61. The molecule has 0 amide bonds. The van der Waals surface area contributed by atoms with Crippen molar-refractivity contribution in [3.8, 4) is 11.3 Å². The van der Waals surface area contributed by atoms with E-state index in [1.165, 1.54) is 36.5 Å². The molecule has 1 aromatic heterocycles. The monoisotopic (exact) mass is 477 g/mol. The van der Waals surface area contributed by atoms with E-state index in [-0.39, 0.29) is 20.1 Å².